The molecule has 0 bridgehead atoms. The van der Waals surface area contributed by atoms with E-state index in [9.17, 15) is 34.8 Å². The number of cyclic esters (lactones) is 1. The maximum atomic E-state index is 13.2. The van der Waals surface area contributed by atoms with E-state index in [0.29, 0.717) is 89.6 Å². The molecule has 1 aromatic heterocycles. The van der Waals surface area contributed by atoms with Crippen molar-refractivity contribution in [3.63, 3.8) is 0 Å². The van der Waals surface area contributed by atoms with Crippen LogP contribution in [0, 0.1) is 53.3 Å². The number of aryl methyl sites for hydroxylation is 2. The lowest BCUT2D eigenvalue weighted by molar-refractivity contribution is -0.150. The molecule has 4 rings (SSSR count). The summed E-state index contributed by atoms with van der Waals surface area (Å²) in [5, 5.41) is 57.0. The minimum absolute atomic E-state index is 0.0164. The molecule has 1 amide bonds. The van der Waals surface area contributed by atoms with E-state index in [2.05, 4.69) is 29.1 Å². The number of carbonyl (C=O) groups excluding carboxylic acids is 3. The third kappa shape index (κ3) is 20.6. The fourth-order valence-corrected chi connectivity index (χ4v) is 10.3. The number of aliphatic hydroxyl groups is 4. The van der Waals surface area contributed by atoms with Gasteiger partial charge >= 0.3 is 12.1 Å². The molecule has 0 saturated heterocycles. The van der Waals surface area contributed by atoms with E-state index >= 15 is 0 Å². The molecule has 1 unspecified atom stereocenters. The van der Waals surface area contributed by atoms with Crippen LogP contribution in [0.3, 0.4) is 0 Å². The first-order valence-electron chi connectivity index (χ1n) is 26.3. The van der Waals surface area contributed by atoms with Gasteiger partial charge in [-0.05, 0) is 101 Å². The number of ketones is 1. The van der Waals surface area contributed by atoms with E-state index in [-0.39, 0.29) is 47.7 Å². The first-order valence-corrected chi connectivity index (χ1v) is 26.3. The van der Waals surface area contributed by atoms with Gasteiger partial charge in [-0.3, -0.25) is 0 Å². The van der Waals surface area contributed by atoms with E-state index in [1.54, 1.807) is 31.2 Å². The number of aliphatic hydroxyl groups excluding tert-OH is 4. The number of hydrogen-bond acceptors (Lipinski definition) is 13. The molecule has 1 fully saturated rings. The number of Topliss-reactive ketones (excluding diaryl/α,β-unsaturated/α-hetero) is 1. The van der Waals surface area contributed by atoms with Gasteiger partial charge in [0.05, 0.1) is 62.2 Å². The standard InChI is InChI=1S/C55H88N4O11/c1-8-9-15-39(4)54-42(7)50(62)27-20-37(2)34-40(5)53(65)38(3)21-22-44(61)35-51(63)43(17-10-11-19-52(64)70-54)18-12-13-29-59-49-26-24-46-45(23-25-48(49)57-58-59)47(46)36-69-55(66)56-28-31-68-33-32-67-30-14-16-41(6)60/h8-11,15,17,19,21-22,37-40,42-47,50-51,53-54,61-63,65H,1,12-14,16,18,20,23-36H2,2-7H3,(H,56,66)/b15-9-,17-10+,19-11-,22-21-/t37-,38-,39-,40-,42-,43-,44+,45+,46-,47+,50+,51-,53-,54?/m0/s1. The Labute approximate surface area is 418 Å². The van der Waals surface area contributed by atoms with Crippen molar-refractivity contribution in [2.75, 3.05) is 39.6 Å². The van der Waals surface area contributed by atoms with E-state index in [1.807, 2.05) is 56.7 Å². The number of hydrogen-bond donors (Lipinski definition) is 5. The van der Waals surface area contributed by atoms with Crippen LogP contribution in [-0.2, 0) is 47.9 Å². The Morgan fingerprint density at radius 1 is 0.914 bits per heavy atom. The monoisotopic (exact) mass is 981 g/mol. The summed E-state index contributed by atoms with van der Waals surface area (Å²) >= 11 is 0. The largest absolute Gasteiger partial charge is 0.458 e. The second kappa shape index (κ2) is 31.5. The molecule has 1 aliphatic heterocycles. The number of fused-ring (bicyclic) bond motifs is 2. The zero-order valence-electron chi connectivity index (χ0n) is 43.1. The lowest BCUT2D eigenvalue weighted by Crippen LogP contribution is -2.37. The van der Waals surface area contributed by atoms with Crippen molar-refractivity contribution in [2.45, 2.75) is 162 Å². The fraction of sp³-hybridized carbons (Fsp3) is 0.727. The third-order valence-electron chi connectivity index (χ3n) is 14.7. The van der Waals surface area contributed by atoms with Gasteiger partial charge in [-0.1, -0.05) is 101 Å². The van der Waals surface area contributed by atoms with E-state index in [1.165, 1.54) is 6.08 Å². The summed E-state index contributed by atoms with van der Waals surface area (Å²) in [5.41, 5.74) is 2.19. The van der Waals surface area contributed by atoms with Crippen LogP contribution in [0.1, 0.15) is 124 Å². The number of nitrogens with zero attached hydrogens (tertiary/aromatic N) is 3. The Hall–Kier alpha value is -3.99. The number of aromatic nitrogens is 3. The number of rotatable bonds is 20. The van der Waals surface area contributed by atoms with Crippen molar-refractivity contribution in [2.24, 2.45) is 53.3 Å². The second-order valence-electron chi connectivity index (χ2n) is 20.5. The summed E-state index contributed by atoms with van der Waals surface area (Å²) in [7, 11) is 0. The number of amides is 1. The first-order chi connectivity index (χ1) is 33.6. The maximum Gasteiger partial charge on any atom is 0.407 e. The van der Waals surface area contributed by atoms with E-state index in [4.69, 9.17) is 18.9 Å². The van der Waals surface area contributed by atoms with Gasteiger partial charge in [0.2, 0.25) is 0 Å². The highest BCUT2D eigenvalue weighted by atomic mass is 16.6. The molecule has 1 aromatic rings. The first kappa shape index (κ1) is 58.6. The highest BCUT2D eigenvalue weighted by Crippen LogP contribution is 2.53. The van der Waals surface area contributed by atoms with Gasteiger partial charge < -0.3 is 49.5 Å². The maximum absolute atomic E-state index is 13.2. The molecule has 1 saturated carbocycles. The van der Waals surface area contributed by atoms with Crippen LogP contribution in [0.5, 0.6) is 0 Å². The van der Waals surface area contributed by atoms with Crippen LogP contribution in [0.4, 0.5) is 4.79 Å². The van der Waals surface area contributed by atoms with Gasteiger partial charge in [0, 0.05) is 62.3 Å². The molecule has 70 heavy (non-hydrogen) atoms. The molecular formula is C55H88N4O11. The van der Waals surface area contributed by atoms with Crippen LogP contribution < -0.4 is 5.32 Å². The van der Waals surface area contributed by atoms with Crippen LogP contribution in [0.15, 0.2) is 61.3 Å². The summed E-state index contributed by atoms with van der Waals surface area (Å²) in [5.74, 6) is 0.118. The van der Waals surface area contributed by atoms with Gasteiger partial charge in [0.15, 0.2) is 0 Å². The van der Waals surface area contributed by atoms with Crippen molar-refractivity contribution >= 4 is 17.8 Å². The zero-order valence-corrected chi connectivity index (χ0v) is 43.1. The van der Waals surface area contributed by atoms with Crippen molar-refractivity contribution in [3.8, 4) is 0 Å². The molecule has 14 atom stereocenters. The summed E-state index contributed by atoms with van der Waals surface area (Å²) in [4.78, 5) is 36.6. The van der Waals surface area contributed by atoms with Crippen LogP contribution in [0.2, 0.25) is 0 Å². The van der Waals surface area contributed by atoms with Gasteiger partial charge in [0.1, 0.15) is 11.9 Å². The Morgan fingerprint density at radius 3 is 2.40 bits per heavy atom. The number of carbonyl (C=O) groups is 3. The smallest absolute Gasteiger partial charge is 0.407 e. The number of ether oxygens (including phenoxy) is 4. The number of unbranched alkanes of at least 4 members (excludes halogenated alkanes) is 1. The van der Waals surface area contributed by atoms with Gasteiger partial charge in [-0.2, -0.15) is 0 Å². The highest BCUT2D eigenvalue weighted by Gasteiger charge is 2.50. The number of alkyl carbamates (subject to hydrolysis) is 1. The molecular weight excluding hydrogens is 893 g/mol. The van der Waals surface area contributed by atoms with Gasteiger partial charge in [-0.25, -0.2) is 14.3 Å². The third-order valence-corrected chi connectivity index (χ3v) is 14.7. The van der Waals surface area contributed by atoms with Crippen LogP contribution in [-0.4, -0.2) is 123 Å². The number of allylic oxidation sites excluding steroid dienone is 4. The molecule has 2 heterocycles. The Kier molecular flexibility index (Phi) is 26.3. The minimum atomic E-state index is -0.919. The van der Waals surface area contributed by atoms with Gasteiger partial charge in [0.25, 0.3) is 0 Å². The molecule has 2 aliphatic carbocycles. The van der Waals surface area contributed by atoms with Crippen molar-refractivity contribution < 1.29 is 53.8 Å². The second-order valence-corrected chi connectivity index (χ2v) is 20.5. The average molecular weight is 981 g/mol. The van der Waals surface area contributed by atoms with Crippen LogP contribution in [0.25, 0.3) is 0 Å². The molecule has 15 nitrogen and oxygen atoms in total. The summed E-state index contributed by atoms with van der Waals surface area (Å²) in [6, 6.07) is 0. The number of esters is 1. The summed E-state index contributed by atoms with van der Waals surface area (Å²) in [6.07, 6.45) is 20.6. The SMILES string of the molecule is C=C/C=C\[C@H](C)C1OC(=O)/C=C\C=C\[C@@H](CCCCn2nnc3c2CC[C@H]2[C@@H](CC3)[C@H]2COC(=O)NCCOCCOCCCC(C)=O)[C@@H](O)C[C@H](O)/C=C\[C@H](C)[C@H](O)[C@@H](C)C[C@@H](C)CC[C@@H](O)[C@@H]1C. The van der Waals surface area contributed by atoms with E-state index in [0.717, 1.165) is 62.8 Å². The molecule has 3 aliphatic rings. The van der Waals surface area contributed by atoms with Crippen molar-refractivity contribution in [3.05, 3.63) is 72.7 Å². The minimum Gasteiger partial charge on any atom is -0.458 e. The molecule has 0 spiro atoms. The average Bonchev–Trinajstić information content (AvgIpc) is 3.84. The zero-order chi connectivity index (χ0) is 51.0. The molecule has 15 heteroatoms. The molecule has 5 N–H and O–H groups in total. The predicted molar refractivity (Wildman–Crippen MR) is 270 cm³/mol. The number of nitrogens with one attached hydrogen (secondary N) is 1. The Morgan fingerprint density at radius 2 is 1.66 bits per heavy atom. The quantitative estimate of drug-likeness (QED) is 0.0372. The Bertz CT molecular complexity index is 1850. The molecule has 394 valence electrons. The van der Waals surface area contributed by atoms with Gasteiger partial charge in [-0.15, -0.1) is 5.10 Å². The lowest BCUT2D eigenvalue weighted by atomic mass is 9.82. The topological polar surface area (TPSA) is 212 Å². The lowest BCUT2D eigenvalue weighted by Gasteiger charge is -2.31. The Balaban J connectivity index is 1.30. The van der Waals surface area contributed by atoms with E-state index < -0.39 is 42.6 Å². The van der Waals surface area contributed by atoms with Crippen molar-refractivity contribution in [1.82, 2.24) is 20.3 Å². The predicted octanol–water partition coefficient (Wildman–Crippen LogP) is 7.45. The molecule has 0 radical (unpaired) electrons. The van der Waals surface area contributed by atoms with Crippen LogP contribution >= 0.6 is 0 Å². The normalized spacial score (nSPS) is 32.3. The fourth-order valence-electron chi connectivity index (χ4n) is 10.3. The van der Waals surface area contributed by atoms with Crippen molar-refractivity contribution in [1.29, 1.82) is 0 Å². The molecule has 0 aromatic carbocycles. The highest BCUT2D eigenvalue weighted by molar-refractivity contribution is 5.82. The summed E-state index contributed by atoms with van der Waals surface area (Å²) in [6.45, 7) is 18.5. The summed E-state index contributed by atoms with van der Waals surface area (Å²) < 4.78 is 24.6.